The molecule has 0 bridgehead atoms. The number of aromatic amines is 1. The zero-order valence-electron chi connectivity index (χ0n) is 13.2. The number of nitrogen functional groups attached to an aromatic ring is 1. The van der Waals surface area contributed by atoms with Gasteiger partial charge in [-0.3, -0.25) is 10.4 Å². The van der Waals surface area contributed by atoms with Crippen LogP contribution in [0.4, 0.5) is 16.4 Å². The van der Waals surface area contributed by atoms with Crippen LogP contribution in [0, 0.1) is 17.8 Å². The van der Waals surface area contributed by atoms with Crippen molar-refractivity contribution in [1.82, 2.24) is 15.2 Å². The number of benzene rings is 1. The second-order valence-electron chi connectivity index (χ2n) is 5.96. The number of hydrogen-bond donors (Lipinski definition) is 4. The molecule has 7 nitrogen and oxygen atoms in total. The number of nitrogens with zero attached hydrogens (tertiary/aromatic N) is 2. The Morgan fingerprint density at radius 1 is 1.32 bits per heavy atom. The third kappa shape index (κ3) is 3.10. The smallest absolute Gasteiger partial charge is 0.410 e. The molecule has 2 aromatic heterocycles. The summed E-state index contributed by atoms with van der Waals surface area (Å²) in [5, 5.41) is 18.9. The molecule has 0 spiro atoms. The Morgan fingerprint density at radius 3 is 2.92 bits per heavy atom. The Hall–Kier alpha value is -3.53. The second-order valence-corrected chi connectivity index (χ2v) is 5.96. The second kappa shape index (κ2) is 5.83. The molecule has 2 heterocycles. The third-order valence-corrected chi connectivity index (χ3v) is 4.02. The fourth-order valence-electron chi connectivity index (χ4n) is 2.60. The van der Waals surface area contributed by atoms with Crippen LogP contribution >= 0.6 is 0 Å². The number of rotatable bonds is 2. The molecular weight excluding hydrogens is 318 g/mol. The van der Waals surface area contributed by atoms with Crippen molar-refractivity contribution in [1.29, 1.82) is 0 Å². The monoisotopic (exact) mass is 333 g/mol. The van der Waals surface area contributed by atoms with E-state index in [0.717, 1.165) is 40.4 Å². The number of aromatic nitrogens is 3. The van der Waals surface area contributed by atoms with Gasteiger partial charge in [-0.2, -0.15) is 5.10 Å². The van der Waals surface area contributed by atoms with Gasteiger partial charge in [-0.1, -0.05) is 11.8 Å². The molecule has 3 aromatic rings. The lowest BCUT2D eigenvalue weighted by Gasteiger charge is -2.06. The summed E-state index contributed by atoms with van der Waals surface area (Å²) in [7, 11) is 0. The standard InChI is InChI=1S/C18H15N5O2/c19-17-14-8-13(11-5-6-20-15(9-11)21-18(24)25)7-12(16(14)22-23-17)4-3-10-1-2-10/h5-10H,1-2H2,(H,20,21)(H,24,25)(H3,19,22,23). The summed E-state index contributed by atoms with van der Waals surface area (Å²) in [5.74, 6) is 7.61. The van der Waals surface area contributed by atoms with Crippen molar-refractivity contribution in [2.75, 3.05) is 11.1 Å². The number of carbonyl (C=O) groups is 1. The summed E-state index contributed by atoms with van der Waals surface area (Å²) < 4.78 is 0. The first-order valence-corrected chi connectivity index (χ1v) is 7.85. The van der Waals surface area contributed by atoms with Gasteiger partial charge in [-0.15, -0.1) is 0 Å². The fraction of sp³-hybridized carbons (Fsp3) is 0.167. The molecule has 0 aliphatic heterocycles. The zero-order valence-corrected chi connectivity index (χ0v) is 13.2. The van der Waals surface area contributed by atoms with Crippen molar-refractivity contribution in [2.24, 2.45) is 5.92 Å². The van der Waals surface area contributed by atoms with Crippen LogP contribution in [0.15, 0.2) is 30.5 Å². The lowest BCUT2D eigenvalue weighted by atomic mass is 10.0. The summed E-state index contributed by atoms with van der Waals surface area (Å²) in [5.41, 5.74) is 9.29. The molecule has 0 unspecified atom stereocenters. The number of anilines is 2. The Labute approximate surface area is 143 Å². The zero-order chi connectivity index (χ0) is 17.4. The number of amides is 1. The number of H-pyrrole nitrogens is 1. The first-order valence-electron chi connectivity index (χ1n) is 7.85. The van der Waals surface area contributed by atoms with Gasteiger partial charge >= 0.3 is 6.09 Å². The molecule has 124 valence electrons. The van der Waals surface area contributed by atoms with E-state index in [4.69, 9.17) is 10.8 Å². The van der Waals surface area contributed by atoms with Crippen LogP contribution in [0.5, 0.6) is 0 Å². The number of pyridine rings is 1. The van der Waals surface area contributed by atoms with E-state index in [9.17, 15) is 4.79 Å². The Balaban J connectivity index is 1.83. The molecule has 0 radical (unpaired) electrons. The molecule has 7 heteroatoms. The van der Waals surface area contributed by atoms with E-state index in [0.29, 0.717) is 11.7 Å². The van der Waals surface area contributed by atoms with Crippen LogP contribution in [-0.4, -0.2) is 26.4 Å². The maximum Gasteiger partial charge on any atom is 0.410 e. The first kappa shape index (κ1) is 15.0. The Bertz CT molecular complexity index is 1040. The summed E-state index contributed by atoms with van der Waals surface area (Å²) in [6.07, 6.45) is 2.69. The minimum atomic E-state index is -1.16. The number of carboxylic acid groups (broad SMARTS) is 1. The van der Waals surface area contributed by atoms with Gasteiger partial charge in [0.2, 0.25) is 0 Å². The molecule has 1 saturated carbocycles. The lowest BCUT2D eigenvalue weighted by Crippen LogP contribution is -2.08. The molecule has 4 rings (SSSR count). The summed E-state index contributed by atoms with van der Waals surface area (Å²) in [4.78, 5) is 14.8. The number of hydrogen-bond acceptors (Lipinski definition) is 4. The highest BCUT2D eigenvalue weighted by atomic mass is 16.4. The van der Waals surface area contributed by atoms with Crippen LogP contribution in [0.3, 0.4) is 0 Å². The highest BCUT2D eigenvalue weighted by Crippen LogP contribution is 2.31. The van der Waals surface area contributed by atoms with Gasteiger partial charge in [0.05, 0.1) is 11.1 Å². The van der Waals surface area contributed by atoms with Gasteiger partial charge < -0.3 is 10.8 Å². The van der Waals surface area contributed by atoms with Crippen molar-refractivity contribution in [3.05, 3.63) is 36.0 Å². The summed E-state index contributed by atoms with van der Waals surface area (Å²) >= 11 is 0. The predicted octanol–water partition coefficient (Wildman–Crippen LogP) is 3.06. The van der Waals surface area contributed by atoms with Crippen molar-refractivity contribution in [3.63, 3.8) is 0 Å². The van der Waals surface area contributed by atoms with E-state index in [-0.39, 0.29) is 5.82 Å². The molecule has 5 N–H and O–H groups in total. The van der Waals surface area contributed by atoms with Crippen molar-refractivity contribution < 1.29 is 9.90 Å². The number of nitrogens with one attached hydrogen (secondary N) is 2. The van der Waals surface area contributed by atoms with Gasteiger partial charge in [0.25, 0.3) is 0 Å². The van der Waals surface area contributed by atoms with Crippen LogP contribution in [-0.2, 0) is 0 Å². The average molecular weight is 333 g/mol. The largest absolute Gasteiger partial charge is 0.465 e. The minimum absolute atomic E-state index is 0.260. The predicted molar refractivity (Wildman–Crippen MR) is 95.0 cm³/mol. The maximum atomic E-state index is 10.8. The van der Waals surface area contributed by atoms with E-state index in [1.54, 1.807) is 12.3 Å². The summed E-state index contributed by atoms with van der Waals surface area (Å²) in [6, 6.07) is 7.35. The number of nitrogens with two attached hydrogens (primary N) is 1. The maximum absolute atomic E-state index is 10.8. The first-order chi connectivity index (χ1) is 12.1. The third-order valence-electron chi connectivity index (χ3n) is 4.02. The highest BCUT2D eigenvalue weighted by Gasteiger charge is 2.18. The van der Waals surface area contributed by atoms with Crippen LogP contribution < -0.4 is 11.1 Å². The number of fused-ring (bicyclic) bond motifs is 1. The van der Waals surface area contributed by atoms with E-state index in [2.05, 4.69) is 32.3 Å². The molecule has 0 atom stereocenters. The van der Waals surface area contributed by atoms with Gasteiger partial charge in [-0.25, -0.2) is 9.78 Å². The average Bonchev–Trinajstić information content (AvgIpc) is 3.35. The quantitative estimate of drug-likeness (QED) is 0.538. The highest BCUT2D eigenvalue weighted by molar-refractivity contribution is 5.96. The van der Waals surface area contributed by atoms with E-state index < -0.39 is 6.09 Å². The van der Waals surface area contributed by atoms with Crippen molar-refractivity contribution in [3.8, 4) is 23.0 Å². The van der Waals surface area contributed by atoms with Crippen LogP contribution in [0.25, 0.3) is 22.0 Å². The lowest BCUT2D eigenvalue weighted by molar-refractivity contribution is 0.209. The molecule has 1 fully saturated rings. The van der Waals surface area contributed by atoms with Gasteiger partial charge in [0, 0.05) is 17.5 Å². The summed E-state index contributed by atoms with van der Waals surface area (Å²) in [6.45, 7) is 0. The van der Waals surface area contributed by atoms with E-state index in [1.807, 2.05) is 18.2 Å². The Kier molecular flexibility index (Phi) is 3.51. The molecule has 25 heavy (non-hydrogen) atoms. The normalized spacial score (nSPS) is 13.3. The van der Waals surface area contributed by atoms with Gasteiger partial charge in [0.15, 0.2) is 5.82 Å². The SMILES string of the molecule is Nc1n[nH]c2c(C#CC3CC3)cc(-c3ccnc(NC(=O)O)c3)cc12. The van der Waals surface area contributed by atoms with Crippen molar-refractivity contribution >= 4 is 28.6 Å². The molecule has 1 amide bonds. The van der Waals surface area contributed by atoms with Gasteiger partial charge in [-0.05, 0) is 48.2 Å². The molecule has 1 aromatic carbocycles. The minimum Gasteiger partial charge on any atom is -0.465 e. The fourth-order valence-corrected chi connectivity index (χ4v) is 2.60. The van der Waals surface area contributed by atoms with Crippen LogP contribution in [0.1, 0.15) is 18.4 Å². The van der Waals surface area contributed by atoms with Gasteiger partial charge in [0.1, 0.15) is 5.82 Å². The van der Waals surface area contributed by atoms with Crippen molar-refractivity contribution in [2.45, 2.75) is 12.8 Å². The Morgan fingerprint density at radius 2 is 2.16 bits per heavy atom. The molecule has 1 aliphatic rings. The van der Waals surface area contributed by atoms with Crippen LogP contribution in [0.2, 0.25) is 0 Å². The topological polar surface area (TPSA) is 117 Å². The van der Waals surface area contributed by atoms with E-state index >= 15 is 0 Å². The molecular formula is C18H15N5O2. The molecule has 1 aliphatic carbocycles. The molecule has 0 saturated heterocycles. The van der Waals surface area contributed by atoms with E-state index in [1.165, 1.54) is 0 Å².